The molecule has 0 radical (unpaired) electrons. The number of carbonyl (C=O) groups is 1. The lowest BCUT2D eigenvalue weighted by Crippen LogP contribution is -2.26. The molecule has 0 fully saturated rings. The average molecular weight is 320 g/mol. The van der Waals surface area contributed by atoms with Gasteiger partial charge in [0.25, 0.3) is 5.91 Å². The lowest BCUT2D eigenvalue weighted by Gasteiger charge is -2.07. The predicted molar refractivity (Wildman–Crippen MR) is 76.9 cm³/mol. The Hall–Kier alpha value is -1.75. The Kier molecular flexibility index (Phi) is 4.63. The first-order chi connectivity index (χ1) is 9.16. The van der Waals surface area contributed by atoms with Crippen LogP contribution < -0.4 is 5.32 Å². The third kappa shape index (κ3) is 3.86. The molecule has 0 aliphatic heterocycles. The number of nitrogens with one attached hydrogen (secondary N) is 1. The minimum absolute atomic E-state index is 0.200. The minimum atomic E-state index is -0.200. The Balaban J connectivity index is 1.88. The van der Waals surface area contributed by atoms with Crippen LogP contribution in [0.5, 0.6) is 0 Å². The molecule has 1 N–H and O–H groups in total. The molecule has 19 heavy (non-hydrogen) atoms. The van der Waals surface area contributed by atoms with E-state index >= 15 is 0 Å². The van der Waals surface area contributed by atoms with Crippen molar-refractivity contribution in [3.63, 3.8) is 0 Å². The molecule has 5 heteroatoms. The topological polar surface area (TPSA) is 54.9 Å². The Labute approximate surface area is 120 Å². The van der Waals surface area contributed by atoms with E-state index in [2.05, 4.69) is 50.3 Å². The van der Waals surface area contributed by atoms with Crippen molar-refractivity contribution in [3.8, 4) is 0 Å². The number of benzene rings is 1. The molecule has 98 valence electrons. The van der Waals surface area contributed by atoms with Gasteiger partial charge in [0, 0.05) is 6.54 Å². The summed E-state index contributed by atoms with van der Waals surface area (Å²) in [6.07, 6.45) is 3.77. The number of aromatic nitrogens is 2. The number of halogens is 1. The highest BCUT2D eigenvalue weighted by molar-refractivity contribution is 9.10. The number of hydrogen-bond acceptors (Lipinski definition) is 3. The summed E-state index contributed by atoms with van der Waals surface area (Å²) in [5.41, 5.74) is 2.80. The van der Waals surface area contributed by atoms with Gasteiger partial charge in [0.1, 0.15) is 10.3 Å². The van der Waals surface area contributed by atoms with Gasteiger partial charge < -0.3 is 5.32 Å². The second-order valence-corrected chi connectivity index (χ2v) is 4.97. The first-order valence-electron chi connectivity index (χ1n) is 5.97. The summed E-state index contributed by atoms with van der Waals surface area (Å²) in [4.78, 5) is 19.8. The summed E-state index contributed by atoms with van der Waals surface area (Å²) < 4.78 is 0.615. The van der Waals surface area contributed by atoms with Gasteiger partial charge >= 0.3 is 0 Å². The monoisotopic (exact) mass is 319 g/mol. The largest absolute Gasteiger partial charge is 0.350 e. The third-order valence-corrected chi connectivity index (χ3v) is 3.20. The fourth-order valence-corrected chi connectivity index (χ4v) is 1.93. The molecule has 0 bridgehead atoms. The van der Waals surface area contributed by atoms with Crippen LogP contribution in [0.4, 0.5) is 0 Å². The van der Waals surface area contributed by atoms with E-state index in [4.69, 9.17) is 0 Å². The van der Waals surface area contributed by atoms with Crippen LogP contribution in [0.1, 0.15) is 21.6 Å². The van der Waals surface area contributed by atoms with Crippen LogP contribution in [-0.4, -0.2) is 22.4 Å². The molecule has 2 aromatic rings. The van der Waals surface area contributed by atoms with E-state index in [0.717, 1.165) is 6.42 Å². The van der Waals surface area contributed by atoms with Crippen molar-refractivity contribution in [1.29, 1.82) is 0 Å². The van der Waals surface area contributed by atoms with Crippen LogP contribution >= 0.6 is 15.9 Å². The smallest absolute Gasteiger partial charge is 0.271 e. The van der Waals surface area contributed by atoms with E-state index in [1.54, 1.807) is 0 Å². The van der Waals surface area contributed by atoms with E-state index in [1.807, 2.05) is 12.1 Å². The number of carbonyl (C=O) groups excluding carboxylic acids is 1. The molecule has 0 aliphatic carbocycles. The molecule has 0 unspecified atom stereocenters. The van der Waals surface area contributed by atoms with Crippen LogP contribution in [0, 0.1) is 6.92 Å². The summed E-state index contributed by atoms with van der Waals surface area (Å²) in [7, 11) is 0. The molecule has 0 spiro atoms. The maximum atomic E-state index is 11.8. The van der Waals surface area contributed by atoms with Crippen LogP contribution in [0.25, 0.3) is 0 Å². The van der Waals surface area contributed by atoms with Gasteiger partial charge in [-0.3, -0.25) is 4.79 Å². The van der Waals surface area contributed by atoms with Crippen molar-refractivity contribution < 1.29 is 4.79 Å². The molecule has 2 rings (SSSR count). The molecule has 1 heterocycles. The van der Waals surface area contributed by atoms with Crippen molar-refractivity contribution in [2.75, 3.05) is 6.54 Å². The van der Waals surface area contributed by atoms with E-state index in [-0.39, 0.29) is 5.91 Å². The van der Waals surface area contributed by atoms with Gasteiger partial charge in [-0.2, -0.15) is 0 Å². The summed E-state index contributed by atoms with van der Waals surface area (Å²) in [5, 5.41) is 2.84. The molecular weight excluding hydrogens is 306 g/mol. The fraction of sp³-hybridized carbons (Fsp3) is 0.214. The van der Waals surface area contributed by atoms with Crippen LogP contribution in [-0.2, 0) is 6.42 Å². The van der Waals surface area contributed by atoms with Crippen LogP contribution in [0.3, 0.4) is 0 Å². The zero-order chi connectivity index (χ0) is 13.7. The third-order valence-electron chi connectivity index (χ3n) is 2.79. The van der Waals surface area contributed by atoms with Crippen molar-refractivity contribution in [2.24, 2.45) is 0 Å². The van der Waals surface area contributed by atoms with E-state index in [9.17, 15) is 4.79 Å². The van der Waals surface area contributed by atoms with E-state index in [0.29, 0.717) is 16.8 Å². The fourth-order valence-electron chi connectivity index (χ4n) is 1.72. The lowest BCUT2D eigenvalue weighted by atomic mass is 10.1. The molecule has 0 saturated heterocycles. The van der Waals surface area contributed by atoms with Crippen molar-refractivity contribution in [1.82, 2.24) is 15.3 Å². The Bertz CT molecular complexity index is 569. The molecule has 0 saturated carbocycles. The van der Waals surface area contributed by atoms with Gasteiger partial charge in [-0.05, 0) is 40.4 Å². The second kappa shape index (κ2) is 6.43. The second-order valence-electron chi connectivity index (χ2n) is 4.16. The Morgan fingerprint density at radius 2 is 2.05 bits per heavy atom. The average Bonchev–Trinajstić information content (AvgIpc) is 2.41. The lowest BCUT2D eigenvalue weighted by molar-refractivity contribution is 0.0948. The first kappa shape index (κ1) is 13.7. The number of rotatable bonds is 4. The summed E-state index contributed by atoms with van der Waals surface area (Å²) in [6, 6.07) is 8.15. The summed E-state index contributed by atoms with van der Waals surface area (Å²) in [6.45, 7) is 2.65. The normalized spacial score (nSPS) is 10.2. The number of amides is 1. The Morgan fingerprint density at radius 3 is 2.74 bits per heavy atom. The molecule has 0 aliphatic rings. The van der Waals surface area contributed by atoms with Gasteiger partial charge in [-0.15, -0.1) is 0 Å². The maximum absolute atomic E-state index is 11.8. The Morgan fingerprint density at radius 1 is 1.26 bits per heavy atom. The SMILES string of the molecule is Cc1ccccc1CCNC(=O)c1cnc(Br)cn1. The molecule has 4 nitrogen and oxygen atoms in total. The molecule has 0 atom stereocenters. The maximum Gasteiger partial charge on any atom is 0.271 e. The standard InChI is InChI=1S/C14H14BrN3O/c1-10-4-2-3-5-11(10)6-7-16-14(19)12-8-18-13(15)9-17-12/h2-5,8-9H,6-7H2,1H3,(H,16,19). The zero-order valence-corrected chi connectivity index (χ0v) is 12.1. The van der Waals surface area contributed by atoms with Gasteiger partial charge in [-0.1, -0.05) is 24.3 Å². The van der Waals surface area contributed by atoms with Crippen molar-refractivity contribution >= 4 is 21.8 Å². The number of hydrogen-bond donors (Lipinski definition) is 1. The quantitative estimate of drug-likeness (QED) is 0.942. The number of aryl methyl sites for hydroxylation is 1. The molecular formula is C14H14BrN3O. The molecule has 1 aromatic heterocycles. The highest BCUT2D eigenvalue weighted by Gasteiger charge is 2.07. The van der Waals surface area contributed by atoms with Crippen LogP contribution in [0.15, 0.2) is 41.3 Å². The van der Waals surface area contributed by atoms with Gasteiger partial charge in [0.15, 0.2) is 0 Å². The first-order valence-corrected chi connectivity index (χ1v) is 6.76. The van der Waals surface area contributed by atoms with Gasteiger partial charge in [0.05, 0.1) is 12.4 Å². The van der Waals surface area contributed by atoms with Gasteiger partial charge in [0.2, 0.25) is 0 Å². The van der Waals surface area contributed by atoms with E-state index in [1.165, 1.54) is 23.5 Å². The summed E-state index contributed by atoms with van der Waals surface area (Å²) >= 11 is 3.18. The molecule has 1 aromatic carbocycles. The number of nitrogens with zero attached hydrogens (tertiary/aromatic N) is 2. The van der Waals surface area contributed by atoms with Crippen molar-refractivity contribution in [3.05, 3.63) is 58.1 Å². The van der Waals surface area contributed by atoms with Crippen LogP contribution in [0.2, 0.25) is 0 Å². The highest BCUT2D eigenvalue weighted by atomic mass is 79.9. The summed E-state index contributed by atoms with van der Waals surface area (Å²) in [5.74, 6) is -0.200. The minimum Gasteiger partial charge on any atom is -0.350 e. The highest BCUT2D eigenvalue weighted by Crippen LogP contribution is 2.07. The van der Waals surface area contributed by atoms with Gasteiger partial charge in [-0.25, -0.2) is 9.97 Å². The molecule has 1 amide bonds. The van der Waals surface area contributed by atoms with Crippen molar-refractivity contribution in [2.45, 2.75) is 13.3 Å². The zero-order valence-electron chi connectivity index (χ0n) is 10.6. The predicted octanol–water partition coefficient (Wildman–Crippen LogP) is 2.52. The van der Waals surface area contributed by atoms with E-state index < -0.39 is 0 Å².